The van der Waals surface area contributed by atoms with Gasteiger partial charge in [0.05, 0.1) is 0 Å². The van der Waals surface area contributed by atoms with Gasteiger partial charge in [0.2, 0.25) is 5.91 Å². The van der Waals surface area contributed by atoms with E-state index in [0.717, 1.165) is 19.4 Å². The third-order valence-corrected chi connectivity index (χ3v) is 2.72. The maximum absolute atomic E-state index is 11.4. The molecular weight excluding hydrogens is 212 g/mol. The molecular formula is C11H25ClN2O. The second kappa shape index (κ2) is 10.2. The van der Waals surface area contributed by atoms with E-state index in [2.05, 4.69) is 31.4 Å². The summed E-state index contributed by atoms with van der Waals surface area (Å²) >= 11 is 0. The molecule has 0 saturated carbocycles. The topological polar surface area (TPSA) is 41.1 Å². The Morgan fingerprint density at radius 1 is 1.33 bits per heavy atom. The standard InChI is InChI=1S/C11H24N2O.ClH/c1-5-9(2)10(3)13-11(14)7-6-8-12-4;/h9-10,12H,5-8H2,1-4H3,(H,13,14);1H. The van der Waals surface area contributed by atoms with Gasteiger partial charge in [0.15, 0.2) is 0 Å². The van der Waals surface area contributed by atoms with Crippen molar-refractivity contribution in [1.29, 1.82) is 0 Å². The molecule has 15 heavy (non-hydrogen) atoms. The number of rotatable bonds is 7. The van der Waals surface area contributed by atoms with Crippen molar-refractivity contribution in [3.63, 3.8) is 0 Å². The smallest absolute Gasteiger partial charge is 0.220 e. The fourth-order valence-electron chi connectivity index (χ4n) is 1.25. The van der Waals surface area contributed by atoms with E-state index in [0.29, 0.717) is 18.4 Å². The second-order valence-electron chi connectivity index (χ2n) is 3.95. The van der Waals surface area contributed by atoms with Crippen molar-refractivity contribution in [3.8, 4) is 0 Å². The van der Waals surface area contributed by atoms with Gasteiger partial charge in [0.1, 0.15) is 0 Å². The molecule has 0 rings (SSSR count). The highest BCUT2D eigenvalue weighted by Crippen LogP contribution is 2.06. The lowest BCUT2D eigenvalue weighted by Gasteiger charge is -2.19. The van der Waals surface area contributed by atoms with Gasteiger partial charge in [0, 0.05) is 12.5 Å². The predicted molar refractivity (Wildman–Crippen MR) is 67.5 cm³/mol. The summed E-state index contributed by atoms with van der Waals surface area (Å²) in [6, 6.07) is 0.294. The lowest BCUT2D eigenvalue weighted by Crippen LogP contribution is -2.37. The summed E-state index contributed by atoms with van der Waals surface area (Å²) in [6.07, 6.45) is 2.65. The van der Waals surface area contributed by atoms with Gasteiger partial charge < -0.3 is 10.6 Å². The Labute approximate surface area is 99.8 Å². The van der Waals surface area contributed by atoms with Crippen LogP contribution in [0.2, 0.25) is 0 Å². The zero-order valence-electron chi connectivity index (χ0n) is 10.3. The van der Waals surface area contributed by atoms with Crippen LogP contribution in [0.15, 0.2) is 0 Å². The summed E-state index contributed by atoms with van der Waals surface area (Å²) in [5.41, 5.74) is 0. The van der Waals surface area contributed by atoms with Gasteiger partial charge in [-0.05, 0) is 32.9 Å². The maximum Gasteiger partial charge on any atom is 0.220 e. The van der Waals surface area contributed by atoms with Crippen molar-refractivity contribution >= 4 is 18.3 Å². The van der Waals surface area contributed by atoms with E-state index in [-0.39, 0.29) is 18.3 Å². The highest BCUT2D eigenvalue weighted by Gasteiger charge is 2.12. The van der Waals surface area contributed by atoms with E-state index in [1.54, 1.807) is 0 Å². The Balaban J connectivity index is 0. The summed E-state index contributed by atoms with van der Waals surface area (Å²) in [4.78, 5) is 11.4. The van der Waals surface area contributed by atoms with Crippen molar-refractivity contribution < 1.29 is 4.79 Å². The quantitative estimate of drug-likeness (QED) is 0.664. The number of halogens is 1. The molecule has 0 aromatic carbocycles. The second-order valence-corrected chi connectivity index (χ2v) is 3.95. The van der Waals surface area contributed by atoms with Crippen molar-refractivity contribution in [1.82, 2.24) is 10.6 Å². The number of nitrogens with one attached hydrogen (secondary N) is 2. The lowest BCUT2D eigenvalue weighted by atomic mass is 10.0. The minimum atomic E-state index is 0. The van der Waals surface area contributed by atoms with Crippen LogP contribution in [0.25, 0.3) is 0 Å². The van der Waals surface area contributed by atoms with Gasteiger partial charge >= 0.3 is 0 Å². The van der Waals surface area contributed by atoms with Gasteiger partial charge in [-0.1, -0.05) is 20.3 Å². The maximum atomic E-state index is 11.4. The van der Waals surface area contributed by atoms with Gasteiger partial charge in [0.25, 0.3) is 0 Å². The summed E-state index contributed by atoms with van der Waals surface area (Å²) in [6.45, 7) is 7.29. The molecule has 2 N–H and O–H groups in total. The van der Waals surface area contributed by atoms with E-state index < -0.39 is 0 Å². The molecule has 0 saturated heterocycles. The molecule has 2 unspecified atom stereocenters. The first kappa shape index (κ1) is 17.1. The fraction of sp³-hybridized carbons (Fsp3) is 0.909. The number of amides is 1. The number of carbonyl (C=O) groups excluding carboxylic acids is 1. The Hall–Kier alpha value is -0.280. The fourth-order valence-corrected chi connectivity index (χ4v) is 1.25. The SMILES string of the molecule is CCC(C)C(C)NC(=O)CCCNC.Cl. The van der Waals surface area contributed by atoms with Crippen molar-refractivity contribution in [2.24, 2.45) is 5.92 Å². The first-order valence-corrected chi connectivity index (χ1v) is 5.55. The minimum absolute atomic E-state index is 0. The van der Waals surface area contributed by atoms with E-state index in [1.165, 1.54) is 0 Å². The van der Waals surface area contributed by atoms with E-state index >= 15 is 0 Å². The van der Waals surface area contributed by atoms with Crippen LogP contribution in [0, 0.1) is 5.92 Å². The zero-order valence-corrected chi connectivity index (χ0v) is 11.1. The lowest BCUT2D eigenvalue weighted by molar-refractivity contribution is -0.122. The summed E-state index contributed by atoms with van der Waals surface area (Å²) in [7, 11) is 1.90. The Bertz CT molecular complexity index is 165. The van der Waals surface area contributed by atoms with Crippen LogP contribution >= 0.6 is 12.4 Å². The van der Waals surface area contributed by atoms with E-state index in [4.69, 9.17) is 0 Å². The first-order valence-electron chi connectivity index (χ1n) is 5.55. The number of hydrogen-bond acceptors (Lipinski definition) is 2. The Morgan fingerprint density at radius 2 is 1.93 bits per heavy atom. The molecule has 0 spiro atoms. The van der Waals surface area contributed by atoms with Crippen molar-refractivity contribution in [3.05, 3.63) is 0 Å². The molecule has 3 nitrogen and oxygen atoms in total. The largest absolute Gasteiger partial charge is 0.353 e. The predicted octanol–water partition coefficient (Wildman–Crippen LogP) is 1.96. The molecule has 1 amide bonds. The van der Waals surface area contributed by atoms with Crippen molar-refractivity contribution in [2.45, 2.75) is 46.1 Å². The van der Waals surface area contributed by atoms with Gasteiger partial charge in [-0.3, -0.25) is 4.79 Å². The normalized spacial score (nSPS) is 13.9. The number of hydrogen-bond donors (Lipinski definition) is 2. The molecule has 0 aliphatic rings. The van der Waals surface area contributed by atoms with Crippen LogP contribution in [0.3, 0.4) is 0 Å². The molecule has 0 aromatic rings. The molecule has 2 atom stereocenters. The van der Waals surface area contributed by atoms with Crippen LogP contribution in [-0.2, 0) is 4.79 Å². The highest BCUT2D eigenvalue weighted by atomic mass is 35.5. The number of carbonyl (C=O) groups is 1. The molecule has 0 bridgehead atoms. The van der Waals surface area contributed by atoms with Crippen LogP contribution in [-0.4, -0.2) is 25.5 Å². The first-order chi connectivity index (χ1) is 6.61. The monoisotopic (exact) mass is 236 g/mol. The Morgan fingerprint density at radius 3 is 2.40 bits per heavy atom. The van der Waals surface area contributed by atoms with Gasteiger partial charge in [-0.25, -0.2) is 0 Å². The van der Waals surface area contributed by atoms with E-state index in [9.17, 15) is 4.79 Å². The van der Waals surface area contributed by atoms with Crippen LogP contribution in [0.1, 0.15) is 40.0 Å². The molecule has 0 aliphatic carbocycles. The van der Waals surface area contributed by atoms with Crippen molar-refractivity contribution in [2.75, 3.05) is 13.6 Å². The molecule has 4 heteroatoms. The van der Waals surface area contributed by atoms with Crippen LogP contribution in [0.5, 0.6) is 0 Å². The summed E-state index contributed by atoms with van der Waals surface area (Å²) in [5.74, 6) is 0.733. The molecule has 0 aromatic heterocycles. The molecule has 0 fully saturated rings. The third-order valence-electron chi connectivity index (χ3n) is 2.72. The van der Waals surface area contributed by atoms with Gasteiger partial charge in [-0.15, -0.1) is 12.4 Å². The average molecular weight is 237 g/mol. The third kappa shape index (κ3) is 8.70. The van der Waals surface area contributed by atoms with Gasteiger partial charge in [-0.2, -0.15) is 0 Å². The zero-order chi connectivity index (χ0) is 11.0. The molecule has 92 valence electrons. The highest BCUT2D eigenvalue weighted by molar-refractivity contribution is 5.85. The molecule has 0 radical (unpaired) electrons. The van der Waals surface area contributed by atoms with Crippen LogP contribution in [0.4, 0.5) is 0 Å². The Kier molecular flexibility index (Phi) is 11.7. The molecule has 0 heterocycles. The summed E-state index contributed by atoms with van der Waals surface area (Å²) < 4.78 is 0. The van der Waals surface area contributed by atoms with Crippen LogP contribution < -0.4 is 10.6 Å². The summed E-state index contributed by atoms with van der Waals surface area (Å²) in [5, 5.41) is 6.05. The minimum Gasteiger partial charge on any atom is -0.353 e. The van der Waals surface area contributed by atoms with E-state index in [1.807, 2.05) is 7.05 Å². The molecule has 0 aliphatic heterocycles. The average Bonchev–Trinajstić information content (AvgIpc) is 2.16.